The number of likely N-dealkylation sites (tertiary alicyclic amines) is 1. The quantitative estimate of drug-likeness (QED) is 0.211. The van der Waals surface area contributed by atoms with Crippen molar-refractivity contribution in [2.24, 2.45) is 22.2 Å². The van der Waals surface area contributed by atoms with Crippen LogP contribution in [-0.2, 0) is 0 Å². The van der Waals surface area contributed by atoms with Gasteiger partial charge in [-0.2, -0.15) is 0 Å². The molecule has 1 saturated heterocycles. The molecule has 1 rings (SSSR count). The van der Waals surface area contributed by atoms with E-state index in [-0.39, 0.29) is 5.41 Å². The Morgan fingerprint density at radius 1 is 1.44 bits per heavy atom. The van der Waals surface area contributed by atoms with Gasteiger partial charge in [0.2, 0.25) is 0 Å². The molecule has 106 valence electrons. The molecular formula is C13H27N3O2. The Morgan fingerprint density at radius 3 is 2.72 bits per heavy atom. The van der Waals surface area contributed by atoms with E-state index in [2.05, 4.69) is 10.1 Å². The fourth-order valence-electron chi connectivity index (χ4n) is 2.43. The molecular weight excluding hydrogens is 230 g/mol. The first-order valence-electron chi connectivity index (χ1n) is 6.81. The zero-order valence-corrected chi connectivity index (χ0v) is 11.6. The summed E-state index contributed by atoms with van der Waals surface area (Å²) >= 11 is 0. The molecule has 0 aromatic heterocycles. The molecule has 18 heavy (non-hydrogen) atoms. The second-order valence-electron chi connectivity index (χ2n) is 5.96. The minimum atomic E-state index is -0.229. The molecule has 1 aliphatic rings. The number of unbranched alkanes of at least 4 members (excludes halogenated alkanes) is 1. The Hall–Kier alpha value is -0.810. The first-order valence-corrected chi connectivity index (χ1v) is 6.81. The highest BCUT2D eigenvalue weighted by Gasteiger charge is 2.24. The van der Waals surface area contributed by atoms with Crippen molar-refractivity contribution in [1.29, 1.82) is 0 Å². The minimum absolute atomic E-state index is 0.229. The smallest absolute Gasteiger partial charge is 0.144 e. The van der Waals surface area contributed by atoms with Crippen molar-refractivity contribution in [3.8, 4) is 0 Å². The van der Waals surface area contributed by atoms with Crippen LogP contribution in [0.3, 0.4) is 0 Å². The van der Waals surface area contributed by atoms with E-state index in [1.54, 1.807) is 0 Å². The number of oxime groups is 1. The summed E-state index contributed by atoms with van der Waals surface area (Å²) in [7, 11) is 0. The van der Waals surface area contributed by atoms with E-state index in [9.17, 15) is 0 Å². The van der Waals surface area contributed by atoms with Crippen LogP contribution in [0.2, 0.25) is 0 Å². The lowest BCUT2D eigenvalue weighted by molar-refractivity contribution is 0.220. The molecule has 0 aliphatic carbocycles. The van der Waals surface area contributed by atoms with Crippen LogP contribution in [0.1, 0.15) is 39.5 Å². The second kappa shape index (κ2) is 6.95. The number of amidine groups is 1. The van der Waals surface area contributed by atoms with E-state index in [0.717, 1.165) is 45.3 Å². The topological polar surface area (TPSA) is 82.1 Å². The molecule has 0 aromatic rings. The summed E-state index contributed by atoms with van der Waals surface area (Å²) in [6, 6.07) is 0. The van der Waals surface area contributed by atoms with Crippen molar-refractivity contribution < 1.29 is 10.3 Å². The third kappa shape index (κ3) is 4.46. The Morgan fingerprint density at radius 2 is 2.17 bits per heavy atom. The summed E-state index contributed by atoms with van der Waals surface area (Å²) < 4.78 is 0. The molecule has 1 heterocycles. The summed E-state index contributed by atoms with van der Waals surface area (Å²) in [6.07, 6.45) is 4.25. The van der Waals surface area contributed by atoms with Gasteiger partial charge in [-0.1, -0.05) is 25.4 Å². The Balaban J connectivity index is 2.16. The Bertz CT molecular complexity index is 279. The second-order valence-corrected chi connectivity index (χ2v) is 5.96. The molecule has 1 fully saturated rings. The predicted molar refractivity (Wildman–Crippen MR) is 72.7 cm³/mol. The molecule has 4 N–H and O–H groups in total. The van der Waals surface area contributed by atoms with Crippen LogP contribution in [0.5, 0.6) is 0 Å². The van der Waals surface area contributed by atoms with Gasteiger partial charge in [-0.3, -0.25) is 0 Å². The van der Waals surface area contributed by atoms with Gasteiger partial charge < -0.3 is 20.9 Å². The molecule has 0 radical (unpaired) electrons. The maximum absolute atomic E-state index is 9.07. The zero-order chi connectivity index (χ0) is 13.6. The number of aliphatic hydroxyl groups excluding tert-OH is 1. The van der Waals surface area contributed by atoms with E-state index < -0.39 is 0 Å². The van der Waals surface area contributed by atoms with Crippen LogP contribution in [0.25, 0.3) is 0 Å². The average molecular weight is 257 g/mol. The van der Waals surface area contributed by atoms with Crippen LogP contribution in [0.15, 0.2) is 5.16 Å². The number of aliphatic hydroxyl groups is 1. The van der Waals surface area contributed by atoms with Gasteiger partial charge in [-0.25, -0.2) is 0 Å². The normalized spacial score (nSPS) is 22.6. The summed E-state index contributed by atoms with van der Waals surface area (Å²) in [4.78, 5) is 2.41. The van der Waals surface area contributed by atoms with Gasteiger partial charge in [-0.15, -0.1) is 0 Å². The van der Waals surface area contributed by atoms with Crippen molar-refractivity contribution >= 4 is 5.84 Å². The van der Waals surface area contributed by atoms with Crippen molar-refractivity contribution in [3.63, 3.8) is 0 Å². The molecule has 0 bridgehead atoms. The molecule has 1 atom stereocenters. The van der Waals surface area contributed by atoms with Gasteiger partial charge in [0, 0.05) is 18.6 Å². The van der Waals surface area contributed by atoms with Crippen molar-refractivity contribution in [3.05, 3.63) is 0 Å². The van der Waals surface area contributed by atoms with Crippen LogP contribution >= 0.6 is 0 Å². The molecule has 0 amide bonds. The average Bonchev–Trinajstić information content (AvgIpc) is 2.81. The van der Waals surface area contributed by atoms with Gasteiger partial charge >= 0.3 is 0 Å². The van der Waals surface area contributed by atoms with Gasteiger partial charge in [0.15, 0.2) is 0 Å². The van der Waals surface area contributed by atoms with Gasteiger partial charge in [-0.05, 0) is 38.3 Å². The predicted octanol–water partition coefficient (Wildman–Crippen LogP) is 1.24. The van der Waals surface area contributed by atoms with E-state index in [1.165, 1.54) is 0 Å². The van der Waals surface area contributed by atoms with Gasteiger partial charge in [0.05, 0.1) is 0 Å². The molecule has 0 aromatic carbocycles. The van der Waals surface area contributed by atoms with Crippen molar-refractivity contribution in [1.82, 2.24) is 4.90 Å². The highest BCUT2D eigenvalue weighted by atomic mass is 16.4. The first-order chi connectivity index (χ1) is 8.49. The van der Waals surface area contributed by atoms with Gasteiger partial charge in [0.1, 0.15) is 5.84 Å². The number of hydrogen-bond acceptors (Lipinski definition) is 4. The zero-order valence-electron chi connectivity index (χ0n) is 11.6. The summed E-state index contributed by atoms with van der Waals surface area (Å²) in [5.41, 5.74) is 5.42. The van der Waals surface area contributed by atoms with Gasteiger partial charge in [0.25, 0.3) is 0 Å². The monoisotopic (exact) mass is 257 g/mol. The highest BCUT2D eigenvalue weighted by molar-refractivity contribution is 5.85. The number of rotatable bonds is 7. The van der Waals surface area contributed by atoms with E-state index in [1.807, 2.05) is 13.8 Å². The molecule has 1 unspecified atom stereocenters. The molecule has 1 aliphatic heterocycles. The van der Waals surface area contributed by atoms with Crippen LogP contribution in [0.4, 0.5) is 0 Å². The number of nitrogens with zero attached hydrogens (tertiary/aromatic N) is 2. The maximum atomic E-state index is 9.07. The number of nitrogens with two attached hydrogens (primary N) is 1. The van der Waals surface area contributed by atoms with Crippen LogP contribution in [0, 0.1) is 11.3 Å². The minimum Gasteiger partial charge on any atom is -0.409 e. The van der Waals surface area contributed by atoms with E-state index in [4.69, 9.17) is 16.0 Å². The highest BCUT2D eigenvalue weighted by Crippen LogP contribution is 2.24. The third-order valence-corrected chi connectivity index (χ3v) is 3.96. The number of hydrogen-bond donors (Lipinski definition) is 3. The summed E-state index contributed by atoms with van der Waals surface area (Å²) in [6.45, 7) is 7.53. The SMILES string of the molecule is CC(C)(CCCCN1CCC(CO)C1)C(N)=NO. The molecule has 5 heteroatoms. The maximum Gasteiger partial charge on any atom is 0.144 e. The standard InChI is InChI=1S/C13H27N3O2/c1-13(2,12(14)15-18)6-3-4-7-16-8-5-11(9-16)10-17/h11,17-18H,3-10H2,1-2H3,(H2,14,15). The fourth-order valence-corrected chi connectivity index (χ4v) is 2.43. The van der Waals surface area contributed by atoms with Crippen LogP contribution in [-0.4, -0.2) is 47.3 Å². The van der Waals surface area contributed by atoms with Crippen LogP contribution < -0.4 is 5.73 Å². The molecule has 0 saturated carbocycles. The van der Waals surface area contributed by atoms with E-state index >= 15 is 0 Å². The summed E-state index contributed by atoms with van der Waals surface area (Å²) in [5.74, 6) is 0.780. The summed E-state index contributed by atoms with van der Waals surface area (Å²) in [5, 5.41) is 20.9. The Labute approximate surface area is 110 Å². The molecule has 0 spiro atoms. The fraction of sp³-hybridized carbons (Fsp3) is 0.923. The van der Waals surface area contributed by atoms with Crippen molar-refractivity contribution in [2.75, 3.05) is 26.2 Å². The largest absolute Gasteiger partial charge is 0.409 e. The van der Waals surface area contributed by atoms with E-state index in [0.29, 0.717) is 18.4 Å². The lowest BCUT2D eigenvalue weighted by atomic mass is 9.86. The van der Waals surface area contributed by atoms with Crippen molar-refractivity contribution in [2.45, 2.75) is 39.5 Å². The lowest BCUT2D eigenvalue weighted by Crippen LogP contribution is -2.32. The first kappa shape index (κ1) is 15.2. The Kier molecular flexibility index (Phi) is 5.88. The molecule has 5 nitrogen and oxygen atoms in total. The lowest BCUT2D eigenvalue weighted by Gasteiger charge is -2.23. The third-order valence-electron chi connectivity index (χ3n) is 3.96.